The fourth-order valence-corrected chi connectivity index (χ4v) is 3.76. The second kappa shape index (κ2) is 7.33. The molecule has 7 nitrogen and oxygen atoms in total. The first kappa shape index (κ1) is 18.2. The van der Waals surface area contributed by atoms with E-state index in [4.69, 9.17) is 0 Å². The molecule has 1 aromatic heterocycles. The van der Waals surface area contributed by atoms with Crippen molar-refractivity contribution in [2.75, 3.05) is 24.1 Å². The largest absolute Gasteiger partial charge is 0.507 e. The second-order valence-electron chi connectivity index (χ2n) is 6.45. The number of carbonyl (C=O) groups excluding carboxylic acids is 1. The van der Waals surface area contributed by atoms with Crippen molar-refractivity contribution in [3.05, 3.63) is 53.9 Å². The van der Waals surface area contributed by atoms with Gasteiger partial charge in [-0.3, -0.25) is 14.5 Å². The molecular weight excluding hydrogens is 354 g/mol. The van der Waals surface area contributed by atoms with Gasteiger partial charge in [0.15, 0.2) is 0 Å². The Hall–Kier alpha value is -2.61. The van der Waals surface area contributed by atoms with Crippen molar-refractivity contribution >= 4 is 21.6 Å². The van der Waals surface area contributed by atoms with Gasteiger partial charge in [0.1, 0.15) is 5.75 Å². The zero-order valence-electron chi connectivity index (χ0n) is 14.4. The SMILES string of the molecule is CS(=O)(=O)Nc1ccc(O)c(C(=O)N2CCC(c3ccncc3)CC2)c1. The number of phenolic OH excluding ortho intramolecular Hbond substituents is 1. The number of anilines is 1. The van der Waals surface area contributed by atoms with E-state index < -0.39 is 10.0 Å². The van der Waals surface area contributed by atoms with Crippen molar-refractivity contribution in [1.82, 2.24) is 9.88 Å². The molecular formula is C18H21N3O4S. The van der Waals surface area contributed by atoms with Crippen molar-refractivity contribution in [2.24, 2.45) is 0 Å². The minimum absolute atomic E-state index is 0.0982. The maximum atomic E-state index is 12.8. The molecule has 1 fully saturated rings. The van der Waals surface area contributed by atoms with Gasteiger partial charge in [0.2, 0.25) is 10.0 Å². The van der Waals surface area contributed by atoms with Crippen LogP contribution >= 0.6 is 0 Å². The number of amides is 1. The van der Waals surface area contributed by atoms with E-state index in [9.17, 15) is 18.3 Å². The van der Waals surface area contributed by atoms with E-state index >= 15 is 0 Å². The molecule has 0 bridgehead atoms. The average Bonchev–Trinajstić information content (AvgIpc) is 2.62. The van der Waals surface area contributed by atoms with E-state index in [-0.39, 0.29) is 22.9 Å². The fourth-order valence-electron chi connectivity index (χ4n) is 3.21. The molecule has 1 saturated heterocycles. The van der Waals surface area contributed by atoms with Gasteiger partial charge >= 0.3 is 0 Å². The lowest BCUT2D eigenvalue weighted by molar-refractivity contribution is 0.0710. The van der Waals surface area contributed by atoms with Gasteiger partial charge in [-0.25, -0.2) is 8.42 Å². The van der Waals surface area contributed by atoms with E-state index in [1.54, 1.807) is 17.3 Å². The van der Waals surface area contributed by atoms with Gasteiger partial charge in [-0.15, -0.1) is 0 Å². The number of carbonyl (C=O) groups is 1. The van der Waals surface area contributed by atoms with Gasteiger partial charge in [-0.1, -0.05) is 0 Å². The summed E-state index contributed by atoms with van der Waals surface area (Å²) in [5, 5.41) is 10.0. The zero-order valence-corrected chi connectivity index (χ0v) is 15.2. The molecule has 0 spiro atoms. The Bertz CT molecular complexity index is 892. The van der Waals surface area contributed by atoms with Gasteiger partial charge in [0, 0.05) is 31.2 Å². The number of hydrogen-bond acceptors (Lipinski definition) is 5. The van der Waals surface area contributed by atoms with Crippen LogP contribution in [0.25, 0.3) is 0 Å². The Morgan fingerprint density at radius 2 is 1.85 bits per heavy atom. The number of pyridine rings is 1. The number of benzene rings is 1. The molecule has 1 aliphatic rings. The highest BCUT2D eigenvalue weighted by molar-refractivity contribution is 7.92. The van der Waals surface area contributed by atoms with E-state index in [0.29, 0.717) is 19.0 Å². The van der Waals surface area contributed by atoms with Crippen molar-refractivity contribution in [2.45, 2.75) is 18.8 Å². The minimum Gasteiger partial charge on any atom is -0.507 e. The maximum Gasteiger partial charge on any atom is 0.257 e. The van der Waals surface area contributed by atoms with Crippen LogP contribution < -0.4 is 4.72 Å². The first-order valence-corrected chi connectivity index (χ1v) is 10.2. The molecule has 0 atom stereocenters. The Labute approximate surface area is 152 Å². The number of nitrogens with zero attached hydrogens (tertiary/aromatic N) is 2. The summed E-state index contributed by atoms with van der Waals surface area (Å²) in [6, 6.07) is 8.10. The summed E-state index contributed by atoms with van der Waals surface area (Å²) in [7, 11) is -3.46. The first-order valence-electron chi connectivity index (χ1n) is 8.33. The third-order valence-electron chi connectivity index (χ3n) is 4.49. The average molecular weight is 375 g/mol. The van der Waals surface area contributed by atoms with Gasteiger partial charge < -0.3 is 10.0 Å². The number of rotatable bonds is 4. The summed E-state index contributed by atoms with van der Waals surface area (Å²) in [6.07, 6.45) is 6.23. The van der Waals surface area contributed by atoms with E-state index in [1.807, 2.05) is 12.1 Å². The molecule has 26 heavy (non-hydrogen) atoms. The molecule has 0 unspecified atom stereocenters. The van der Waals surface area contributed by atoms with Crippen LogP contribution in [0.2, 0.25) is 0 Å². The molecule has 0 saturated carbocycles. The Morgan fingerprint density at radius 3 is 2.46 bits per heavy atom. The highest BCUT2D eigenvalue weighted by Crippen LogP contribution is 2.30. The highest BCUT2D eigenvalue weighted by Gasteiger charge is 2.26. The number of hydrogen-bond donors (Lipinski definition) is 2. The number of aromatic nitrogens is 1. The second-order valence-corrected chi connectivity index (χ2v) is 8.20. The van der Waals surface area contributed by atoms with Crippen LogP contribution in [0.5, 0.6) is 5.75 Å². The molecule has 1 aromatic carbocycles. The molecule has 3 rings (SSSR count). The normalized spacial score (nSPS) is 15.7. The lowest BCUT2D eigenvalue weighted by Gasteiger charge is -2.32. The standard InChI is InChI=1S/C18H21N3O4S/c1-26(24,25)20-15-2-3-17(22)16(12-15)18(23)21-10-6-14(7-11-21)13-4-8-19-9-5-13/h2-5,8-9,12,14,20,22H,6-7,10-11H2,1H3. The smallest absolute Gasteiger partial charge is 0.257 e. The van der Waals surface area contributed by atoms with Gasteiger partial charge in [0.05, 0.1) is 11.8 Å². The topological polar surface area (TPSA) is 99.6 Å². The lowest BCUT2D eigenvalue weighted by Crippen LogP contribution is -2.38. The van der Waals surface area contributed by atoms with Gasteiger partial charge in [0.25, 0.3) is 5.91 Å². The summed E-state index contributed by atoms with van der Waals surface area (Å²) in [5.74, 6) is -0.0768. The summed E-state index contributed by atoms with van der Waals surface area (Å²) in [4.78, 5) is 18.5. The molecule has 138 valence electrons. The molecule has 1 aliphatic heterocycles. The van der Waals surface area contributed by atoms with Crippen LogP contribution in [0.15, 0.2) is 42.7 Å². The predicted molar refractivity (Wildman–Crippen MR) is 98.7 cm³/mol. The quantitative estimate of drug-likeness (QED) is 0.798. The van der Waals surface area contributed by atoms with Crippen molar-refractivity contribution in [3.63, 3.8) is 0 Å². The van der Waals surface area contributed by atoms with Crippen LogP contribution in [-0.4, -0.2) is 48.7 Å². The number of phenols is 1. The molecule has 2 heterocycles. The maximum absolute atomic E-state index is 12.8. The Morgan fingerprint density at radius 1 is 1.19 bits per heavy atom. The molecule has 0 radical (unpaired) electrons. The summed E-state index contributed by atoms with van der Waals surface area (Å²) in [6.45, 7) is 1.16. The highest BCUT2D eigenvalue weighted by atomic mass is 32.2. The number of likely N-dealkylation sites (tertiary alicyclic amines) is 1. The van der Waals surface area contributed by atoms with Crippen LogP contribution in [0, 0.1) is 0 Å². The molecule has 0 aliphatic carbocycles. The van der Waals surface area contributed by atoms with Crippen LogP contribution in [0.4, 0.5) is 5.69 Å². The van der Waals surface area contributed by atoms with E-state index in [0.717, 1.165) is 19.1 Å². The summed E-state index contributed by atoms with van der Waals surface area (Å²) in [5.41, 5.74) is 1.57. The van der Waals surface area contributed by atoms with E-state index in [1.165, 1.54) is 23.8 Å². The summed E-state index contributed by atoms with van der Waals surface area (Å²) >= 11 is 0. The molecule has 1 amide bonds. The first-order chi connectivity index (χ1) is 12.3. The van der Waals surface area contributed by atoms with Crippen molar-refractivity contribution in [1.29, 1.82) is 0 Å². The third kappa shape index (κ3) is 4.32. The monoisotopic (exact) mass is 375 g/mol. The fraction of sp³-hybridized carbons (Fsp3) is 0.333. The van der Waals surface area contributed by atoms with Crippen LogP contribution in [-0.2, 0) is 10.0 Å². The number of sulfonamides is 1. The lowest BCUT2D eigenvalue weighted by atomic mass is 9.90. The predicted octanol–water partition coefficient (Wildman–Crippen LogP) is 2.18. The van der Waals surface area contributed by atoms with Gasteiger partial charge in [-0.2, -0.15) is 0 Å². The molecule has 2 aromatic rings. The molecule has 2 N–H and O–H groups in total. The van der Waals surface area contributed by atoms with Crippen LogP contribution in [0.3, 0.4) is 0 Å². The molecule has 8 heteroatoms. The third-order valence-corrected chi connectivity index (χ3v) is 5.10. The van der Waals surface area contributed by atoms with Crippen molar-refractivity contribution in [3.8, 4) is 5.75 Å². The number of aromatic hydroxyl groups is 1. The Balaban J connectivity index is 1.71. The zero-order chi connectivity index (χ0) is 18.7. The minimum atomic E-state index is -3.46. The number of piperidine rings is 1. The van der Waals surface area contributed by atoms with E-state index in [2.05, 4.69) is 9.71 Å². The summed E-state index contributed by atoms with van der Waals surface area (Å²) < 4.78 is 25.1. The van der Waals surface area contributed by atoms with Crippen LogP contribution in [0.1, 0.15) is 34.7 Å². The number of nitrogens with one attached hydrogen (secondary N) is 1. The van der Waals surface area contributed by atoms with Crippen molar-refractivity contribution < 1.29 is 18.3 Å². The van der Waals surface area contributed by atoms with Gasteiger partial charge in [-0.05, 0) is 54.7 Å². The Kier molecular flexibility index (Phi) is 5.13.